The van der Waals surface area contributed by atoms with E-state index in [0.29, 0.717) is 23.5 Å². The Hall–Kier alpha value is -1.41. The maximum absolute atomic E-state index is 10.2. The first kappa shape index (κ1) is 23.3. The largest absolute Gasteiger partial charge is 0.481 e. The molecule has 0 aliphatic carbocycles. The van der Waals surface area contributed by atoms with E-state index in [0.717, 1.165) is 44.7 Å². The van der Waals surface area contributed by atoms with Gasteiger partial charge in [0.15, 0.2) is 0 Å². The van der Waals surface area contributed by atoms with E-state index in [9.17, 15) is 5.11 Å². The van der Waals surface area contributed by atoms with Crippen LogP contribution >= 0.6 is 11.6 Å². The van der Waals surface area contributed by atoms with Crippen LogP contribution in [0.2, 0.25) is 0 Å². The zero-order chi connectivity index (χ0) is 21.3. The lowest BCUT2D eigenvalue weighted by Gasteiger charge is -2.31. The minimum Gasteiger partial charge on any atom is -0.481 e. The lowest BCUT2D eigenvalue weighted by Crippen LogP contribution is -2.40. The molecule has 3 atom stereocenters. The zero-order valence-electron chi connectivity index (χ0n) is 18.1. The van der Waals surface area contributed by atoms with Crippen molar-refractivity contribution >= 4 is 16.8 Å². The molecule has 2 aliphatic heterocycles. The highest BCUT2D eigenvalue weighted by Crippen LogP contribution is 2.28. The fourth-order valence-electron chi connectivity index (χ4n) is 4.36. The minimum absolute atomic E-state index is 0.0844. The fraction of sp³-hybridized carbons (Fsp3) is 0.727. The van der Waals surface area contributed by atoms with Crippen LogP contribution in [0.1, 0.15) is 36.9 Å². The van der Waals surface area contributed by atoms with E-state index in [1.54, 1.807) is 7.11 Å². The first-order chi connectivity index (χ1) is 14.6. The second-order valence-corrected chi connectivity index (χ2v) is 8.77. The van der Waals surface area contributed by atoms with E-state index in [1.807, 2.05) is 13.0 Å². The third-order valence-corrected chi connectivity index (χ3v) is 6.48. The Bertz CT molecular complexity index is 697. The third-order valence-electron chi connectivity index (χ3n) is 6.13. The summed E-state index contributed by atoms with van der Waals surface area (Å²) in [5, 5.41) is 18.3. The van der Waals surface area contributed by atoms with Crippen molar-refractivity contribution in [3.05, 3.63) is 23.4 Å². The molecule has 3 rings (SSSR count). The molecule has 3 unspecified atom stereocenters. The van der Waals surface area contributed by atoms with Crippen molar-refractivity contribution in [3.8, 4) is 5.88 Å². The topological polar surface area (TPSA) is 79.2 Å². The van der Waals surface area contributed by atoms with Gasteiger partial charge in [0.2, 0.25) is 5.88 Å². The molecule has 0 bridgehead atoms. The average Bonchev–Trinajstić information content (AvgIpc) is 2.76. The van der Waals surface area contributed by atoms with Crippen LogP contribution in [-0.2, 0) is 11.3 Å². The number of aliphatic hydroxyl groups is 1. The van der Waals surface area contributed by atoms with Crippen molar-refractivity contribution in [1.82, 2.24) is 15.2 Å². The summed E-state index contributed by atoms with van der Waals surface area (Å²) in [6.45, 7) is 6.64. The van der Waals surface area contributed by atoms with Gasteiger partial charge in [0.1, 0.15) is 17.9 Å². The van der Waals surface area contributed by atoms with E-state index in [2.05, 4.69) is 26.4 Å². The molecular weight excluding hydrogens is 404 g/mol. The number of pyridine rings is 1. The molecule has 8 heteroatoms. The molecule has 0 radical (unpaired) electrons. The molecule has 0 saturated carbocycles. The van der Waals surface area contributed by atoms with Gasteiger partial charge >= 0.3 is 0 Å². The number of likely N-dealkylation sites (tertiary alicyclic amines) is 1. The summed E-state index contributed by atoms with van der Waals surface area (Å²) >= 11 is 6.54. The number of nitrogens with one attached hydrogen (secondary N) is 1. The number of hydrogen-bond donors (Lipinski definition) is 2. The molecule has 0 spiro atoms. The molecule has 2 N–H and O–H groups in total. The molecule has 2 fully saturated rings. The van der Waals surface area contributed by atoms with E-state index in [1.165, 1.54) is 24.8 Å². The number of methoxy groups -OCH3 is 1. The van der Waals surface area contributed by atoms with Crippen LogP contribution in [0.25, 0.3) is 0 Å². The standard InChI is InChI=1S/C22H35ClN4O3/c1-16-17(6-7-21(25-16)29-2)12-18-8-9-24-13-20(18)22(23)26-30-15-19(28)14-27-10-4-3-5-11-27/h6-7,18-20,24,28H,3-5,8-15H2,1-2H3/b26-22-. The number of oxime groups is 1. The van der Waals surface area contributed by atoms with Crippen molar-refractivity contribution in [1.29, 1.82) is 0 Å². The predicted octanol–water partition coefficient (Wildman–Crippen LogP) is 2.58. The molecule has 1 aromatic rings. The number of nitrogens with zero attached hydrogens (tertiary/aromatic N) is 3. The Labute approximate surface area is 184 Å². The fourth-order valence-corrected chi connectivity index (χ4v) is 4.66. The normalized spacial score (nSPS) is 24.5. The number of aliphatic hydroxyl groups excluding tert-OH is 1. The van der Waals surface area contributed by atoms with Gasteiger partial charge in [0, 0.05) is 30.8 Å². The van der Waals surface area contributed by atoms with Crippen LogP contribution in [-0.4, -0.2) is 72.7 Å². The number of β-amino-alcohol motifs (C(OH)–C–C–N with tert-alkyl or cyclic N) is 1. The van der Waals surface area contributed by atoms with Crippen molar-refractivity contribution in [2.24, 2.45) is 17.0 Å². The Morgan fingerprint density at radius 2 is 2.17 bits per heavy atom. The third kappa shape index (κ3) is 6.80. The summed E-state index contributed by atoms with van der Waals surface area (Å²) in [5.74, 6) is 1.08. The van der Waals surface area contributed by atoms with E-state index in [4.69, 9.17) is 21.2 Å². The quantitative estimate of drug-likeness (QED) is 0.455. The van der Waals surface area contributed by atoms with E-state index >= 15 is 0 Å². The molecule has 168 valence electrons. The molecular formula is C22H35ClN4O3. The van der Waals surface area contributed by atoms with Crippen molar-refractivity contribution in [3.63, 3.8) is 0 Å². The second-order valence-electron chi connectivity index (χ2n) is 8.39. The smallest absolute Gasteiger partial charge is 0.213 e. The van der Waals surface area contributed by atoms with Crippen LogP contribution in [0.5, 0.6) is 5.88 Å². The maximum Gasteiger partial charge on any atom is 0.213 e. The Morgan fingerprint density at radius 1 is 1.37 bits per heavy atom. The average molecular weight is 439 g/mol. The van der Waals surface area contributed by atoms with Crippen molar-refractivity contribution < 1.29 is 14.7 Å². The summed E-state index contributed by atoms with van der Waals surface area (Å²) in [4.78, 5) is 12.2. The van der Waals surface area contributed by atoms with Gasteiger partial charge in [-0.25, -0.2) is 4.98 Å². The summed E-state index contributed by atoms with van der Waals surface area (Å²) in [6.07, 6.45) is 5.04. The molecule has 2 saturated heterocycles. The van der Waals surface area contributed by atoms with E-state index in [-0.39, 0.29) is 12.5 Å². The lowest BCUT2D eigenvalue weighted by atomic mass is 9.82. The second kappa shape index (κ2) is 11.8. The van der Waals surface area contributed by atoms with Crippen LogP contribution in [0.3, 0.4) is 0 Å². The first-order valence-corrected chi connectivity index (χ1v) is 11.4. The van der Waals surface area contributed by atoms with Gasteiger partial charge in [-0.2, -0.15) is 0 Å². The van der Waals surface area contributed by atoms with Crippen LogP contribution in [0, 0.1) is 18.8 Å². The molecule has 1 aromatic heterocycles. The highest BCUT2D eigenvalue weighted by atomic mass is 35.5. The Balaban J connectivity index is 1.52. The molecule has 2 aliphatic rings. The first-order valence-electron chi connectivity index (χ1n) is 11.0. The highest BCUT2D eigenvalue weighted by Gasteiger charge is 2.30. The van der Waals surface area contributed by atoms with E-state index < -0.39 is 6.10 Å². The maximum atomic E-state index is 10.2. The van der Waals surface area contributed by atoms with Crippen LogP contribution in [0.15, 0.2) is 17.3 Å². The number of aromatic nitrogens is 1. The van der Waals surface area contributed by atoms with Gasteiger partial charge in [-0.1, -0.05) is 29.2 Å². The van der Waals surface area contributed by atoms with Gasteiger partial charge in [0.25, 0.3) is 0 Å². The van der Waals surface area contributed by atoms with Gasteiger partial charge in [-0.05, 0) is 63.7 Å². The number of ether oxygens (including phenoxy) is 1. The zero-order valence-corrected chi connectivity index (χ0v) is 18.9. The van der Waals surface area contributed by atoms with Gasteiger partial charge < -0.3 is 24.9 Å². The SMILES string of the molecule is COc1ccc(CC2CCNCC2/C(Cl)=N/OCC(O)CN2CCCCC2)c(C)n1. The summed E-state index contributed by atoms with van der Waals surface area (Å²) in [5.41, 5.74) is 2.19. The molecule has 0 amide bonds. The Morgan fingerprint density at radius 3 is 2.90 bits per heavy atom. The number of hydrogen-bond acceptors (Lipinski definition) is 7. The molecule has 3 heterocycles. The Kier molecular flexibility index (Phi) is 9.18. The van der Waals surface area contributed by atoms with Gasteiger partial charge in [-0.3, -0.25) is 0 Å². The van der Waals surface area contributed by atoms with Gasteiger partial charge in [0.05, 0.1) is 7.11 Å². The number of halogens is 1. The monoisotopic (exact) mass is 438 g/mol. The summed E-state index contributed by atoms with van der Waals surface area (Å²) in [7, 11) is 1.63. The van der Waals surface area contributed by atoms with Crippen molar-refractivity contribution in [2.45, 2.75) is 45.1 Å². The highest BCUT2D eigenvalue weighted by molar-refractivity contribution is 6.65. The lowest BCUT2D eigenvalue weighted by molar-refractivity contribution is 0.0154. The molecule has 0 aromatic carbocycles. The number of aryl methyl sites for hydroxylation is 1. The van der Waals surface area contributed by atoms with Crippen LogP contribution < -0.4 is 10.1 Å². The number of piperidine rings is 2. The predicted molar refractivity (Wildman–Crippen MR) is 119 cm³/mol. The number of rotatable bonds is 9. The molecule has 30 heavy (non-hydrogen) atoms. The summed E-state index contributed by atoms with van der Waals surface area (Å²) in [6, 6.07) is 3.99. The molecule has 7 nitrogen and oxygen atoms in total. The van der Waals surface area contributed by atoms with Crippen molar-refractivity contribution in [2.75, 3.05) is 46.4 Å². The summed E-state index contributed by atoms with van der Waals surface area (Å²) < 4.78 is 5.21. The van der Waals surface area contributed by atoms with Gasteiger partial charge in [-0.15, -0.1) is 0 Å². The van der Waals surface area contributed by atoms with Crippen LogP contribution in [0.4, 0.5) is 0 Å². The minimum atomic E-state index is -0.551.